The van der Waals surface area contributed by atoms with E-state index in [-0.39, 0.29) is 11.8 Å². The minimum atomic E-state index is -0.317. The molecule has 0 saturated heterocycles. The molecule has 9 nitrogen and oxygen atoms in total. The Morgan fingerprint density at radius 2 is 1.40 bits per heavy atom. The predicted molar refractivity (Wildman–Crippen MR) is 185 cm³/mol. The molecule has 2 amide bonds. The van der Waals surface area contributed by atoms with E-state index in [2.05, 4.69) is 15.6 Å². The molecule has 0 unspecified atom stereocenters. The third kappa shape index (κ3) is 6.09. The number of thiazole rings is 1. The van der Waals surface area contributed by atoms with Crippen molar-refractivity contribution in [3.8, 4) is 34.0 Å². The summed E-state index contributed by atoms with van der Waals surface area (Å²) in [7, 11) is 1.62. The lowest BCUT2D eigenvalue weighted by atomic mass is 10.0. The van der Waals surface area contributed by atoms with Crippen molar-refractivity contribution in [3.63, 3.8) is 0 Å². The van der Waals surface area contributed by atoms with Crippen LogP contribution in [0.25, 0.3) is 39.2 Å². The maximum Gasteiger partial charge on any atom is 0.258 e. The van der Waals surface area contributed by atoms with Crippen LogP contribution < -0.4 is 15.4 Å². The number of para-hydroxylation sites is 1. The summed E-state index contributed by atoms with van der Waals surface area (Å²) in [6.45, 7) is 1.88. The molecule has 2 N–H and O–H groups in total. The zero-order chi connectivity index (χ0) is 32.3. The van der Waals surface area contributed by atoms with Crippen LogP contribution in [-0.2, 0) is 0 Å². The van der Waals surface area contributed by atoms with Gasteiger partial charge in [0.2, 0.25) is 0 Å². The van der Waals surface area contributed by atoms with Crippen molar-refractivity contribution < 1.29 is 14.3 Å². The number of ether oxygens (including phenoxy) is 1. The van der Waals surface area contributed by atoms with Gasteiger partial charge in [-0.15, -0.1) is 11.3 Å². The van der Waals surface area contributed by atoms with Crippen LogP contribution in [0, 0.1) is 6.92 Å². The van der Waals surface area contributed by atoms with Crippen LogP contribution in [0.5, 0.6) is 5.75 Å². The lowest BCUT2D eigenvalue weighted by Gasteiger charge is -2.10. The Bertz CT molecular complexity index is 2210. The Morgan fingerprint density at radius 1 is 0.745 bits per heavy atom. The van der Waals surface area contributed by atoms with E-state index in [1.807, 2.05) is 109 Å². The number of benzene rings is 4. The summed E-state index contributed by atoms with van der Waals surface area (Å²) in [6.07, 6.45) is 0. The lowest BCUT2D eigenvalue weighted by Crippen LogP contribution is -2.13. The van der Waals surface area contributed by atoms with Crippen LogP contribution in [0.2, 0.25) is 0 Å². The molecule has 0 aliphatic heterocycles. The van der Waals surface area contributed by atoms with Crippen molar-refractivity contribution in [2.45, 2.75) is 6.92 Å². The molecule has 0 spiro atoms. The van der Waals surface area contributed by atoms with Gasteiger partial charge in [0.25, 0.3) is 11.8 Å². The van der Waals surface area contributed by atoms with Gasteiger partial charge in [-0.1, -0.05) is 48.5 Å². The van der Waals surface area contributed by atoms with Crippen molar-refractivity contribution in [1.82, 2.24) is 19.7 Å². The number of amides is 2. The van der Waals surface area contributed by atoms with Crippen LogP contribution in [0.15, 0.2) is 121 Å². The van der Waals surface area contributed by atoms with Gasteiger partial charge in [0.1, 0.15) is 5.75 Å². The molecule has 0 atom stereocenters. The second-order valence-corrected chi connectivity index (χ2v) is 11.6. The number of anilines is 2. The van der Waals surface area contributed by atoms with Crippen LogP contribution in [0.3, 0.4) is 0 Å². The van der Waals surface area contributed by atoms with Gasteiger partial charge in [0.15, 0.2) is 10.8 Å². The number of hydrogen-bond acceptors (Lipinski definition) is 7. The molecule has 0 aliphatic rings. The molecular weight excluding hydrogens is 609 g/mol. The second-order valence-electron chi connectivity index (χ2n) is 10.7. The summed E-state index contributed by atoms with van der Waals surface area (Å²) in [5, 5.41) is 13.7. The van der Waals surface area contributed by atoms with Gasteiger partial charge in [-0.2, -0.15) is 5.10 Å². The van der Waals surface area contributed by atoms with Gasteiger partial charge in [-0.05, 0) is 73.7 Å². The number of nitrogens with one attached hydrogen (secondary N) is 2. The summed E-state index contributed by atoms with van der Waals surface area (Å²) in [4.78, 5) is 36.1. The van der Waals surface area contributed by atoms with E-state index in [0.717, 1.165) is 22.6 Å². The highest BCUT2D eigenvalue weighted by Gasteiger charge is 2.22. The van der Waals surface area contributed by atoms with Crippen molar-refractivity contribution >= 4 is 45.0 Å². The van der Waals surface area contributed by atoms with Gasteiger partial charge in [-0.25, -0.2) is 14.6 Å². The Labute approximate surface area is 274 Å². The van der Waals surface area contributed by atoms with Gasteiger partial charge in [0.05, 0.1) is 40.8 Å². The van der Waals surface area contributed by atoms with E-state index in [0.29, 0.717) is 50.1 Å². The first kappa shape index (κ1) is 29.6. The maximum absolute atomic E-state index is 14.0. The Hall–Kier alpha value is -6.13. The van der Waals surface area contributed by atoms with E-state index < -0.39 is 0 Å². The molecule has 0 radical (unpaired) electrons. The summed E-state index contributed by atoms with van der Waals surface area (Å²) in [6, 6.07) is 35.5. The average molecular weight is 637 g/mol. The van der Waals surface area contributed by atoms with Crippen LogP contribution in [0.1, 0.15) is 26.4 Å². The first-order valence-corrected chi connectivity index (χ1v) is 15.7. The van der Waals surface area contributed by atoms with Crippen molar-refractivity contribution in [2.24, 2.45) is 0 Å². The second kappa shape index (κ2) is 12.7. The molecule has 7 aromatic rings. The lowest BCUT2D eigenvalue weighted by molar-refractivity contribution is 0.101. The number of fused-ring (bicyclic) bond motifs is 1. The fourth-order valence-electron chi connectivity index (χ4n) is 5.27. The summed E-state index contributed by atoms with van der Waals surface area (Å²) >= 11 is 1.33. The molecule has 230 valence electrons. The zero-order valence-electron chi connectivity index (χ0n) is 25.5. The van der Waals surface area contributed by atoms with Crippen molar-refractivity contribution in [2.75, 3.05) is 17.7 Å². The van der Waals surface area contributed by atoms with Crippen LogP contribution in [-0.4, -0.2) is 38.7 Å². The summed E-state index contributed by atoms with van der Waals surface area (Å²) < 4.78 is 7.10. The van der Waals surface area contributed by atoms with Crippen LogP contribution >= 0.6 is 11.3 Å². The molecular formula is C37H28N6O3S. The molecule has 0 saturated carbocycles. The van der Waals surface area contributed by atoms with E-state index >= 15 is 0 Å². The Kier molecular flexibility index (Phi) is 7.99. The van der Waals surface area contributed by atoms with Crippen molar-refractivity contribution in [1.29, 1.82) is 0 Å². The normalized spacial score (nSPS) is 10.9. The molecule has 0 bridgehead atoms. The van der Waals surface area contributed by atoms with E-state index in [4.69, 9.17) is 14.8 Å². The number of carbonyl (C=O) groups is 2. The monoisotopic (exact) mass is 636 g/mol. The highest BCUT2D eigenvalue weighted by Crippen LogP contribution is 2.31. The number of pyridine rings is 1. The number of aryl methyl sites for hydroxylation is 1. The highest BCUT2D eigenvalue weighted by atomic mass is 32.1. The predicted octanol–water partition coefficient (Wildman–Crippen LogP) is 8.03. The minimum absolute atomic E-state index is 0.179. The number of nitrogens with zero attached hydrogens (tertiary/aromatic N) is 4. The van der Waals surface area contributed by atoms with Crippen molar-refractivity contribution in [3.05, 3.63) is 137 Å². The SMILES string of the molecule is COc1ccc(-c2cc(C(=O)Nc3nc(-c4ccc(NC(=O)c5ccccc5)cc4)cs3)c3c(C)nn(-c4ccccc4)c3n2)cc1. The number of aromatic nitrogens is 4. The van der Waals surface area contributed by atoms with E-state index in [1.54, 1.807) is 30.0 Å². The van der Waals surface area contributed by atoms with E-state index in [9.17, 15) is 9.59 Å². The number of methoxy groups -OCH3 is 1. The third-order valence-corrected chi connectivity index (χ3v) is 8.40. The summed E-state index contributed by atoms with van der Waals surface area (Å²) in [5.41, 5.74) is 6.82. The summed E-state index contributed by atoms with van der Waals surface area (Å²) in [5.74, 6) is 0.230. The number of hydrogen-bond donors (Lipinski definition) is 2. The van der Waals surface area contributed by atoms with E-state index in [1.165, 1.54) is 11.3 Å². The molecule has 0 aliphatic carbocycles. The number of rotatable bonds is 8. The van der Waals surface area contributed by atoms with Gasteiger partial charge < -0.3 is 10.1 Å². The zero-order valence-corrected chi connectivity index (χ0v) is 26.3. The highest BCUT2D eigenvalue weighted by molar-refractivity contribution is 7.14. The molecule has 0 fully saturated rings. The standard InChI is InChI=1S/C37H28N6O3S/c1-23-33-30(21-31(24-15-19-29(46-2)20-16-24)39-34(33)43(42-23)28-11-7-4-8-12-28)36(45)41-37-40-32(22-47-37)25-13-17-27(18-14-25)38-35(44)26-9-5-3-6-10-26/h3-22H,1-2H3,(H,38,44)(H,40,41,45). The molecule has 3 heterocycles. The number of carbonyl (C=O) groups excluding carboxylic acids is 2. The first-order chi connectivity index (χ1) is 23.0. The van der Waals surface area contributed by atoms with Gasteiger partial charge in [-0.3, -0.25) is 14.9 Å². The Balaban J connectivity index is 1.18. The van der Waals surface area contributed by atoms with Gasteiger partial charge in [0, 0.05) is 27.8 Å². The maximum atomic E-state index is 14.0. The molecule has 10 heteroatoms. The van der Waals surface area contributed by atoms with Gasteiger partial charge >= 0.3 is 0 Å². The minimum Gasteiger partial charge on any atom is -0.497 e. The smallest absolute Gasteiger partial charge is 0.258 e. The fourth-order valence-corrected chi connectivity index (χ4v) is 5.99. The molecule has 4 aromatic carbocycles. The molecule has 3 aromatic heterocycles. The fraction of sp³-hybridized carbons (Fsp3) is 0.0541. The molecule has 7 rings (SSSR count). The first-order valence-electron chi connectivity index (χ1n) is 14.8. The average Bonchev–Trinajstić information content (AvgIpc) is 3.73. The third-order valence-electron chi connectivity index (χ3n) is 7.64. The largest absolute Gasteiger partial charge is 0.497 e. The topological polar surface area (TPSA) is 111 Å². The Morgan fingerprint density at radius 3 is 2.11 bits per heavy atom. The van der Waals surface area contributed by atoms with Crippen LogP contribution in [0.4, 0.5) is 10.8 Å². The quantitative estimate of drug-likeness (QED) is 0.175. The molecule has 47 heavy (non-hydrogen) atoms.